The third kappa shape index (κ3) is 2.98. The number of ether oxygens (including phenoxy) is 1. The first-order valence-corrected chi connectivity index (χ1v) is 6.20. The highest BCUT2D eigenvalue weighted by Crippen LogP contribution is 2.21. The van der Waals surface area contributed by atoms with E-state index >= 15 is 0 Å². The van der Waals surface area contributed by atoms with Crippen LogP contribution in [0, 0.1) is 11.3 Å². The van der Waals surface area contributed by atoms with E-state index in [4.69, 9.17) is 4.74 Å². The van der Waals surface area contributed by atoms with Crippen LogP contribution < -0.4 is 4.74 Å². The molecule has 0 saturated heterocycles. The molecule has 1 atom stereocenters. The van der Waals surface area contributed by atoms with E-state index in [-0.39, 0.29) is 5.82 Å². The molecule has 2 aromatic rings. The second-order valence-corrected chi connectivity index (χ2v) is 4.00. The maximum Gasteiger partial charge on any atom is 0.221 e. The second kappa shape index (κ2) is 6.43. The highest BCUT2D eigenvalue weighted by Gasteiger charge is 2.23. The molecule has 2 rings (SSSR count). The van der Waals surface area contributed by atoms with Crippen molar-refractivity contribution in [2.75, 3.05) is 6.61 Å². The summed E-state index contributed by atoms with van der Waals surface area (Å²) in [5.41, 5.74) is 0.605. The van der Waals surface area contributed by atoms with Crippen LogP contribution in [0.4, 0.5) is 0 Å². The lowest BCUT2D eigenvalue weighted by Gasteiger charge is -2.08. The lowest BCUT2D eigenvalue weighted by Crippen LogP contribution is -2.14. The van der Waals surface area contributed by atoms with Crippen molar-refractivity contribution in [3.63, 3.8) is 0 Å². The fraction of sp³-hybridized carbons (Fsp3) is 0.200. The molecule has 0 N–H and O–H groups in total. The van der Waals surface area contributed by atoms with Crippen LogP contribution in [-0.4, -0.2) is 22.4 Å². The summed E-state index contributed by atoms with van der Waals surface area (Å²) in [6, 6.07) is 10.5. The number of hydrogen-bond donors (Lipinski definition) is 0. The number of carbonyl (C=O) groups excluding carboxylic acids is 1. The molecule has 5 nitrogen and oxygen atoms in total. The average Bonchev–Trinajstić information content (AvgIpc) is 2.51. The number of Topliss-reactive ketones (excluding diaryl/α,β-unsaturated/α-hetero) is 1. The van der Waals surface area contributed by atoms with Crippen LogP contribution in [0.3, 0.4) is 0 Å². The van der Waals surface area contributed by atoms with Gasteiger partial charge >= 0.3 is 0 Å². The minimum Gasteiger partial charge on any atom is -0.494 e. The Morgan fingerprint density at radius 2 is 1.95 bits per heavy atom. The molecular weight excluding hydrogens is 254 g/mol. The summed E-state index contributed by atoms with van der Waals surface area (Å²) in [6.07, 6.45) is 2.96. The average molecular weight is 267 g/mol. The Labute approximate surface area is 116 Å². The number of hydrogen-bond acceptors (Lipinski definition) is 5. The molecule has 0 aliphatic rings. The van der Waals surface area contributed by atoms with Gasteiger partial charge < -0.3 is 4.74 Å². The quantitative estimate of drug-likeness (QED) is 0.777. The predicted octanol–water partition coefficient (Wildman–Crippen LogP) is 2.37. The van der Waals surface area contributed by atoms with E-state index in [0.29, 0.717) is 17.9 Å². The number of rotatable bonds is 5. The summed E-state index contributed by atoms with van der Waals surface area (Å²) < 4.78 is 5.33. The molecule has 1 heterocycles. The van der Waals surface area contributed by atoms with Crippen molar-refractivity contribution in [1.82, 2.24) is 9.97 Å². The summed E-state index contributed by atoms with van der Waals surface area (Å²) >= 11 is 0. The van der Waals surface area contributed by atoms with Gasteiger partial charge in [-0.3, -0.25) is 4.79 Å². The van der Waals surface area contributed by atoms with Gasteiger partial charge in [-0.15, -0.1) is 0 Å². The Morgan fingerprint density at radius 3 is 2.50 bits per heavy atom. The zero-order valence-electron chi connectivity index (χ0n) is 11.0. The molecule has 0 aliphatic carbocycles. The lowest BCUT2D eigenvalue weighted by atomic mass is 9.95. The minimum atomic E-state index is -0.909. The van der Waals surface area contributed by atoms with E-state index in [1.54, 1.807) is 30.3 Å². The van der Waals surface area contributed by atoms with Gasteiger partial charge in [0, 0.05) is 12.4 Å². The maximum atomic E-state index is 12.2. The summed E-state index contributed by atoms with van der Waals surface area (Å²) in [7, 11) is 0. The van der Waals surface area contributed by atoms with Gasteiger partial charge in [0.15, 0.2) is 5.82 Å². The van der Waals surface area contributed by atoms with E-state index in [1.807, 2.05) is 13.0 Å². The van der Waals surface area contributed by atoms with Crippen LogP contribution in [0.15, 0.2) is 42.7 Å². The molecule has 20 heavy (non-hydrogen) atoms. The summed E-state index contributed by atoms with van der Waals surface area (Å²) in [4.78, 5) is 20.0. The van der Waals surface area contributed by atoms with Crippen LogP contribution in [0.2, 0.25) is 0 Å². The number of carbonyl (C=O) groups is 1. The third-order valence-corrected chi connectivity index (χ3v) is 2.70. The van der Waals surface area contributed by atoms with Gasteiger partial charge in [0.2, 0.25) is 5.78 Å². The molecular formula is C15H13N3O2. The van der Waals surface area contributed by atoms with E-state index < -0.39 is 11.7 Å². The normalized spacial score (nSPS) is 11.4. The Balaban J connectivity index is 2.24. The minimum absolute atomic E-state index is 0.0490. The Kier molecular flexibility index (Phi) is 4.40. The molecule has 0 bridgehead atoms. The molecule has 0 spiro atoms. The lowest BCUT2D eigenvalue weighted by molar-refractivity contribution is 0.0968. The first-order chi connectivity index (χ1) is 9.76. The highest BCUT2D eigenvalue weighted by molar-refractivity contribution is 5.99. The van der Waals surface area contributed by atoms with Crippen LogP contribution in [-0.2, 0) is 0 Å². The van der Waals surface area contributed by atoms with Gasteiger partial charge in [0.05, 0.1) is 12.7 Å². The fourth-order valence-corrected chi connectivity index (χ4v) is 1.76. The number of ketones is 1. The molecule has 0 aliphatic heterocycles. The molecule has 1 aromatic heterocycles. The fourth-order valence-electron chi connectivity index (χ4n) is 1.76. The second-order valence-electron chi connectivity index (χ2n) is 4.00. The Hall–Kier alpha value is -2.74. The SMILES string of the molecule is CCOc1ccc(C(C#N)C(=O)c2ncccn2)cc1. The number of nitriles is 1. The third-order valence-electron chi connectivity index (χ3n) is 2.70. The number of benzene rings is 1. The first-order valence-electron chi connectivity index (χ1n) is 6.20. The van der Waals surface area contributed by atoms with Crippen LogP contribution in [0.1, 0.15) is 29.0 Å². The van der Waals surface area contributed by atoms with E-state index in [2.05, 4.69) is 9.97 Å². The van der Waals surface area contributed by atoms with Crippen molar-refractivity contribution in [3.05, 3.63) is 54.1 Å². The molecule has 0 saturated carbocycles. The van der Waals surface area contributed by atoms with E-state index in [9.17, 15) is 10.1 Å². The molecule has 0 radical (unpaired) electrons. The van der Waals surface area contributed by atoms with E-state index in [0.717, 1.165) is 0 Å². The predicted molar refractivity (Wildman–Crippen MR) is 72.3 cm³/mol. The van der Waals surface area contributed by atoms with Crippen molar-refractivity contribution < 1.29 is 9.53 Å². The van der Waals surface area contributed by atoms with Crippen LogP contribution >= 0.6 is 0 Å². The highest BCUT2D eigenvalue weighted by atomic mass is 16.5. The topological polar surface area (TPSA) is 75.9 Å². The van der Waals surface area contributed by atoms with Gasteiger partial charge in [-0.25, -0.2) is 9.97 Å². The van der Waals surface area contributed by atoms with Crippen molar-refractivity contribution >= 4 is 5.78 Å². The molecule has 1 aromatic carbocycles. The van der Waals surface area contributed by atoms with Crippen molar-refractivity contribution in [1.29, 1.82) is 5.26 Å². The van der Waals surface area contributed by atoms with Gasteiger partial charge in [0.25, 0.3) is 0 Å². The summed E-state index contributed by atoms with van der Waals surface area (Å²) in [5.74, 6) is -0.561. The zero-order chi connectivity index (χ0) is 14.4. The van der Waals surface area contributed by atoms with Gasteiger partial charge in [-0.1, -0.05) is 12.1 Å². The Morgan fingerprint density at radius 1 is 1.30 bits per heavy atom. The van der Waals surface area contributed by atoms with Crippen molar-refractivity contribution in [2.45, 2.75) is 12.8 Å². The first kappa shape index (κ1) is 13.7. The van der Waals surface area contributed by atoms with Gasteiger partial charge in [0.1, 0.15) is 11.7 Å². The van der Waals surface area contributed by atoms with E-state index in [1.165, 1.54) is 12.4 Å². The Bertz CT molecular complexity index is 618. The molecule has 5 heteroatoms. The maximum absolute atomic E-state index is 12.2. The van der Waals surface area contributed by atoms with Crippen LogP contribution in [0.25, 0.3) is 0 Å². The zero-order valence-corrected chi connectivity index (χ0v) is 11.0. The van der Waals surface area contributed by atoms with Gasteiger partial charge in [-0.2, -0.15) is 5.26 Å². The van der Waals surface area contributed by atoms with Crippen LogP contribution in [0.5, 0.6) is 5.75 Å². The molecule has 1 unspecified atom stereocenters. The summed E-state index contributed by atoms with van der Waals surface area (Å²) in [5, 5.41) is 9.23. The van der Waals surface area contributed by atoms with Gasteiger partial charge in [-0.05, 0) is 30.7 Å². The summed E-state index contributed by atoms with van der Waals surface area (Å²) in [6.45, 7) is 2.46. The van der Waals surface area contributed by atoms with Crippen molar-refractivity contribution in [2.24, 2.45) is 0 Å². The number of nitrogens with zero attached hydrogens (tertiary/aromatic N) is 3. The van der Waals surface area contributed by atoms with Crippen molar-refractivity contribution in [3.8, 4) is 11.8 Å². The largest absolute Gasteiger partial charge is 0.494 e. The molecule has 100 valence electrons. The smallest absolute Gasteiger partial charge is 0.221 e. The standard InChI is InChI=1S/C15H13N3O2/c1-2-20-12-6-4-11(5-7-12)13(10-16)14(19)15-17-8-3-9-18-15/h3-9,13H,2H2,1H3. The monoisotopic (exact) mass is 267 g/mol. The number of aromatic nitrogens is 2. The molecule has 0 amide bonds. The molecule has 0 fully saturated rings.